The number of fused-ring (bicyclic) bond motifs is 1. The van der Waals surface area contributed by atoms with Crippen molar-refractivity contribution in [3.8, 4) is 5.69 Å². The van der Waals surface area contributed by atoms with E-state index in [0.29, 0.717) is 12.5 Å². The molecular weight excluding hydrogens is 312 g/mol. The molecule has 6 nitrogen and oxygen atoms in total. The van der Waals surface area contributed by atoms with Gasteiger partial charge in [-0.25, -0.2) is 9.67 Å². The summed E-state index contributed by atoms with van der Waals surface area (Å²) < 4.78 is 1.95. The lowest BCUT2D eigenvalue weighted by Gasteiger charge is -2.03. The van der Waals surface area contributed by atoms with Crippen LogP contribution in [-0.4, -0.2) is 19.7 Å². The largest absolute Gasteiger partial charge is 0.321 e. The van der Waals surface area contributed by atoms with E-state index < -0.39 is 0 Å². The fourth-order valence-corrected chi connectivity index (χ4v) is 2.88. The standard InChI is InChI=1S/C19H18N6/c1-13-16(14(2)25(24-13)15-8-4-3-5-9-15)12-20-23-19-21-17-10-6-7-11-18(17)22-19/h3-11H,12H2,1-2H3,(H,21,22). The predicted octanol–water partition coefficient (Wildman–Crippen LogP) is 4.65. The zero-order valence-electron chi connectivity index (χ0n) is 14.1. The highest BCUT2D eigenvalue weighted by Crippen LogP contribution is 2.20. The lowest BCUT2D eigenvalue weighted by Crippen LogP contribution is -1.98. The smallest absolute Gasteiger partial charge is 0.247 e. The number of azo groups is 1. The molecule has 4 rings (SSSR count). The molecule has 4 aromatic rings. The number of hydrogen-bond donors (Lipinski definition) is 1. The number of nitrogens with one attached hydrogen (secondary N) is 1. The Morgan fingerprint density at radius 2 is 1.76 bits per heavy atom. The number of hydrogen-bond acceptors (Lipinski definition) is 4. The van der Waals surface area contributed by atoms with Crippen molar-refractivity contribution < 1.29 is 0 Å². The minimum Gasteiger partial charge on any atom is -0.321 e. The first kappa shape index (κ1) is 15.3. The molecule has 0 unspecified atom stereocenters. The summed E-state index contributed by atoms with van der Waals surface area (Å²) in [4.78, 5) is 7.55. The van der Waals surface area contributed by atoms with Crippen LogP contribution in [0.3, 0.4) is 0 Å². The summed E-state index contributed by atoms with van der Waals surface area (Å²) in [5, 5.41) is 13.2. The van der Waals surface area contributed by atoms with Gasteiger partial charge in [0.2, 0.25) is 5.95 Å². The molecule has 0 aliphatic rings. The Morgan fingerprint density at radius 1 is 1.00 bits per heavy atom. The number of H-pyrrole nitrogens is 1. The van der Waals surface area contributed by atoms with E-state index in [0.717, 1.165) is 33.7 Å². The number of nitrogens with zero attached hydrogens (tertiary/aromatic N) is 5. The Balaban J connectivity index is 1.57. The minimum absolute atomic E-state index is 0.474. The van der Waals surface area contributed by atoms with Gasteiger partial charge in [0.05, 0.1) is 29.0 Å². The van der Waals surface area contributed by atoms with Crippen LogP contribution < -0.4 is 0 Å². The molecule has 0 bridgehead atoms. The average Bonchev–Trinajstić information content (AvgIpc) is 3.17. The van der Waals surface area contributed by atoms with Crippen LogP contribution in [0.2, 0.25) is 0 Å². The van der Waals surface area contributed by atoms with E-state index in [-0.39, 0.29) is 0 Å². The summed E-state index contributed by atoms with van der Waals surface area (Å²) in [6.07, 6.45) is 0. The second-order valence-electron chi connectivity index (χ2n) is 5.87. The molecule has 0 amide bonds. The van der Waals surface area contributed by atoms with Crippen molar-refractivity contribution in [1.29, 1.82) is 0 Å². The molecule has 2 aromatic carbocycles. The molecule has 1 N–H and O–H groups in total. The maximum absolute atomic E-state index is 4.63. The van der Waals surface area contributed by atoms with Crippen molar-refractivity contribution in [1.82, 2.24) is 19.7 Å². The SMILES string of the molecule is Cc1nn(-c2ccccc2)c(C)c1CN=Nc1nc2ccccc2[nH]1. The van der Waals surface area contributed by atoms with Gasteiger partial charge in [-0.2, -0.15) is 10.2 Å². The van der Waals surface area contributed by atoms with Gasteiger partial charge in [0.15, 0.2) is 0 Å². The van der Waals surface area contributed by atoms with Gasteiger partial charge in [0, 0.05) is 11.3 Å². The van der Waals surface area contributed by atoms with Gasteiger partial charge in [0.25, 0.3) is 0 Å². The molecule has 0 atom stereocenters. The highest BCUT2D eigenvalue weighted by molar-refractivity contribution is 5.76. The number of rotatable bonds is 4. The summed E-state index contributed by atoms with van der Waals surface area (Å²) in [5.41, 5.74) is 6.02. The molecule has 6 heteroatoms. The Kier molecular flexibility index (Phi) is 3.85. The molecule has 0 aliphatic carbocycles. The van der Waals surface area contributed by atoms with Gasteiger partial charge >= 0.3 is 0 Å². The van der Waals surface area contributed by atoms with Crippen molar-refractivity contribution in [3.63, 3.8) is 0 Å². The van der Waals surface area contributed by atoms with Crippen molar-refractivity contribution in [2.24, 2.45) is 10.2 Å². The van der Waals surface area contributed by atoms with Crippen LogP contribution in [0, 0.1) is 13.8 Å². The van der Waals surface area contributed by atoms with E-state index in [1.807, 2.05) is 66.2 Å². The van der Waals surface area contributed by atoms with Crippen molar-refractivity contribution in [3.05, 3.63) is 71.5 Å². The van der Waals surface area contributed by atoms with Crippen molar-refractivity contribution in [2.75, 3.05) is 0 Å². The third-order valence-corrected chi connectivity index (χ3v) is 4.21. The van der Waals surface area contributed by atoms with Crippen LogP contribution >= 0.6 is 0 Å². The molecular formula is C19H18N6. The Bertz CT molecular complexity index is 1010. The normalized spacial score (nSPS) is 11.6. The monoisotopic (exact) mass is 330 g/mol. The predicted molar refractivity (Wildman–Crippen MR) is 97.4 cm³/mol. The summed E-state index contributed by atoms with van der Waals surface area (Å²) in [7, 11) is 0. The van der Waals surface area contributed by atoms with Crippen molar-refractivity contribution >= 4 is 17.0 Å². The molecule has 2 heterocycles. The number of para-hydroxylation sites is 3. The van der Waals surface area contributed by atoms with Gasteiger partial charge < -0.3 is 4.98 Å². The maximum Gasteiger partial charge on any atom is 0.247 e. The van der Waals surface area contributed by atoms with E-state index in [4.69, 9.17) is 0 Å². The first-order valence-electron chi connectivity index (χ1n) is 8.15. The second-order valence-corrected chi connectivity index (χ2v) is 5.87. The molecule has 2 aromatic heterocycles. The zero-order chi connectivity index (χ0) is 17.2. The lowest BCUT2D eigenvalue weighted by molar-refractivity contribution is 0.831. The van der Waals surface area contributed by atoms with E-state index in [9.17, 15) is 0 Å². The second kappa shape index (κ2) is 6.32. The number of imidazole rings is 1. The highest BCUT2D eigenvalue weighted by atomic mass is 15.3. The summed E-state index contributed by atoms with van der Waals surface area (Å²) in [6.45, 7) is 4.53. The summed E-state index contributed by atoms with van der Waals surface area (Å²) in [5.74, 6) is 0.520. The Morgan fingerprint density at radius 3 is 2.56 bits per heavy atom. The van der Waals surface area contributed by atoms with Crippen LogP contribution in [0.4, 0.5) is 5.95 Å². The van der Waals surface area contributed by atoms with Crippen LogP contribution in [0.1, 0.15) is 17.0 Å². The fourth-order valence-electron chi connectivity index (χ4n) is 2.88. The quantitative estimate of drug-likeness (QED) is 0.553. The van der Waals surface area contributed by atoms with Crippen LogP contribution in [0.25, 0.3) is 16.7 Å². The summed E-state index contributed by atoms with van der Waals surface area (Å²) >= 11 is 0. The number of aromatic nitrogens is 4. The topological polar surface area (TPSA) is 71.2 Å². The Hall–Kier alpha value is -3.28. The molecule has 0 saturated carbocycles. The molecule has 0 radical (unpaired) electrons. The molecule has 124 valence electrons. The van der Waals surface area contributed by atoms with Gasteiger partial charge in [-0.15, -0.1) is 5.11 Å². The van der Waals surface area contributed by atoms with Crippen LogP contribution in [0.15, 0.2) is 64.8 Å². The number of benzene rings is 2. The van der Waals surface area contributed by atoms with Crippen LogP contribution in [0.5, 0.6) is 0 Å². The third kappa shape index (κ3) is 2.94. The highest BCUT2D eigenvalue weighted by Gasteiger charge is 2.12. The molecule has 0 saturated heterocycles. The van der Waals surface area contributed by atoms with Gasteiger partial charge in [-0.05, 0) is 38.1 Å². The molecule has 25 heavy (non-hydrogen) atoms. The first-order valence-corrected chi connectivity index (χ1v) is 8.15. The Labute approximate surface area is 145 Å². The van der Waals surface area contributed by atoms with E-state index in [2.05, 4.69) is 32.2 Å². The van der Waals surface area contributed by atoms with Gasteiger partial charge in [-0.1, -0.05) is 30.3 Å². The first-order chi connectivity index (χ1) is 12.2. The molecule has 0 aliphatic heterocycles. The van der Waals surface area contributed by atoms with Crippen molar-refractivity contribution in [2.45, 2.75) is 20.4 Å². The van der Waals surface area contributed by atoms with Crippen LogP contribution in [-0.2, 0) is 6.54 Å². The minimum atomic E-state index is 0.474. The lowest BCUT2D eigenvalue weighted by atomic mass is 10.2. The van der Waals surface area contributed by atoms with Gasteiger partial charge in [0.1, 0.15) is 0 Å². The van der Waals surface area contributed by atoms with E-state index in [1.54, 1.807) is 0 Å². The van der Waals surface area contributed by atoms with Gasteiger partial charge in [-0.3, -0.25) is 0 Å². The molecule has 0 spiro atoms. The number of aryl methyl sites for hydroxylation is 1. The van der Waals surface area contributed by atoms with E-state index >= 15 is 0 Å². The fraction of sp³-hybridized carbons (Fsp3) is 0.158. The average molecular weight is 330 g/mol. The zero-order valence-corrected chi connectivity index (χ0v) is 14.1. The molecule has 0 fully saturated rings. The number of aromatic amines is 1. The third-order valence-electron chi connectivity index (χ3n) is 4.21. The summed E-state index contributed by atoms with van der Waals surface area (Å²) in [6, 6.07) is 17.9. The van der Waals surface area contributed by atoms with E-state index in [1.165, 1.54) is 0 Å². The maximum atomic E-state index is 4.63.